The molecular weight excluding hydrogens is 384 g/mol. The van der Waals surface area contributed by atoms with E-state index in [1.54, 1.807) is 30.3 Å². The van der Waals surface area contributed by atoms with Crippen LogP contribution in [0, 0.1) is 0 Å². The van der Waals surface area contributed by atoms with Crippen molar-refractivity contribution in [1.82, 2.24) is 0 Å². The van der Waals surface area contributed by atoms with Gasteiger partial charge >= 0.3 is 0 Å². The first-order valence-corrected chi connectivity index (χ1v) is 9.48. The fourth-order valence-electron chi connectivity index (χ4n) is 3.61. The molecule has 0 spiro atoms. The lowest BCUT2D eigenvalue weighted by atomic mass is 10.1. The summed E-state index contributed by atoms with van der Waals surface area (Å²) in [5.74, 6) is 0.310. The summed E-state index contributed by atoms with van der Waals surface area (Å²) in [5, 5.41) is 7.43. The summed E-state index contributed by atoms with van der Waals surface area (Å²) in [6.45, 7) is 0. The number of hydrogen-bond acceptors (Lipinski definition) is 5. The molecule has 150 valence electrons. The molecule has 4 aromatic rings. The van der Waals surface area contributed by atoms with Gasteiger partial charge in [0.2, 0.25) is 5.91 Å². The van der Waals surface area contributed by atoms with Gasteiger partial charge in [0.05, 0.1) is 24.9 Å². The largest absolute Gasteiger partial charge is 0.495 e. The first kappa shape index (κ1) is 18.1. The Bertz CT molecular complexity index is 1290. The molecule has 30 heavy (non-hydrogen) atoms. The predicted octanol–water partition coefficient (Wildman–Crippen LogP) is 4.32. The van der Waals surface area contributed by atoms with E-state index in [2.05, 4.69) is 10.6 Å². The fraction of sp³-hybridized carbons (Fsp3) is 0.130. The molecule has 7 heteroatoms. The van der Waals surface area contributed by atoms with Crippen LogP contribution in [0.1, 0.15) is 6.42 Å². The molecule has 1 aromatic heterocycles. The minimum atomic E-state index is -0.916. The van der Waals surface area contributed by atoms with Crippen molar-refractivity contribution in [3.8, 4) is 11.5 Å². The van der Waals surface area contributed by atoms with E-state index in [0.29, 0.717) is 28.5 Å². The zero-order chi connectivity index (χ0) is 20.7. The Kier molecular flexibility index (Phi) is 4.28. The van der Waals surface area contributed by atoms with E-state index in [-0.39, 0.29) is 18.2 Å². The summed E-state index contributed by atoms with van der Waals surface area (Å²) >= 11 is 0. The van der Waals surface area contributed by atoms with Gasteiger partial charge in [-0.3, -0.25) is 9.59 Å². The summed E-state index contributed by atoms with van der Waals surface area (Å²) < 4.78 is 17.0. The van der Waals surface area contributed by atoms with Crippen LogP contribution in [0.5, 0.6) is 11.5 Å². The van der Waals surface area contributed by atoms with Gasteiger partial charge < -0.3 is 24.5 Å². The molecule has 0 saturated heterocycles. The minimum absolute atomic E-state index is 0.137. The lowest BCUT2D eigenvalue weighted by Crippen LogP contribution is -2.39. The molecule has 1 aliphatic heterocycles. The number of hydrogen-bond donors (Lipinski definition) is 2. The zero-order valence-electron chi connectivity index (χ0n) is 16.1. The molecule has 0 saturated carbocycles. The van der Waals surface area contributed by atoms with E-state index in [4.69, 9.17) is 13.9 Å². The Morgan fingerprint density at radius 3 is 2.73 bits per heavy atom. The first-order valence-electron chi connectivity index (χ1n) is 9.48. The van der Waals surface area contributed by atoms with Gasteiger partial charge in [0.1, 0.15) is 22.7 Å². The van der Waals surface area contributed by atoms with Gasteiger partial charge in [-0.25, -0.2) is 0 Å². The molecule has 1 aliphatic rings. The van der Waals surface area contributed by atoms with Gasteiger partial charge in [0, 0.05) is 16.8 Å². The van der Waals surface area contributed by atoms with Crippen molar-refractivity contribution in [2.24, 2.45) is 0 Å². The second-order valence-electron chi connectivity index (χ2n) is 6.99. The molecule has 3 aromatic carbocycles. The number of furan rings is 1. The van der Waals surface area contributed by atoms with E-state index in [0.717, 1.165) is 16.4 Å². The molecule has 0 bridgehead atoms. The molecular formula is C23H18N2O5. The predicted molar refractivity (Wildman–Crippen MR) is 113 cm³/mol. The highest BCUT2D eigenvalue weighted by molar-refractivity contribution is 6.08. The number of fused-ring (bicyclic) bond motifs is 4. The molecule has 0 unspecified atom stereocenters. The molecule has 7 nitrogen and oxygen atoms in total. The Morgan fingerprint density at radius 1 is 1.07 bits per heavy atom. The molecule has 2 heterocycles. The van der Waals surface area contributed by atoms with Gasteiger partial charge in [-0.1, -0.05) is 30.3 Å². The SMILES string of the molecule is COc1cc2c(cc1NC(=O)C[C@@H]1Oc3ccccc3NC1=O)oc1ccccc12. The zero-order valence-corrected chi connectivity index (χ0v) is 16.1. The third-order valence-corrected chi connectivity index (χ3v) is 5.05. The van der Waals surface area contributed by atoms with Crippen LogP contribution in [-0.2, 0) is 9.59 Å². The van der Waals surface area contributed by atoms with E-state index in [1.807, 2.05) is 30.3 Å². The second-order valence-corrected chi connectivity index (χ2v) is 6.99. The second kappa shape index (κ2) is 7.11. The third-order valence-electron chi connectivity index (χ3n) is 5.05. The normalized spacial score (nSPS) is 15.4. The monoisotopic (exact) mass is 402 g/mol. The van der Waals surface area contributed by atoms with Crippen LogP contribution < -0.4 is 20.1 Å². The van der Waals surface area contributed by atoms with E-state index < -0.39 is 6.10 Å². The van der Waals surface area contributed by atoms with Gasteiger partial charge in [-0.15, -0.1) is 0 Å². The van der Waals surface area contributed by atoms with Gasteiger partial charge in [0.25, 0.3) is 5.91 Å². The van der Waals surface area contributed by atoms with Crippen LogP contribution in [0.2, 0.25) is 0 Å². The molecule has 0 aliphatic carbocycles. The van der Waals surface area contributed by atoms with Crippen LogP contribution >= 0.6 is 0 Å². The number of para-hydroxylation sites is 3. The van der Waals surface area contributed by atoms with Crippen LogP contribution in [0.25, 0.3) is 21.9 Å². The lowest BCUT2D eigenvalue weighted by molar-refractivity contribution is -0.128. The van der Waals surface area contributed by atoms with Crippen molar-refractivity contribution in [2.75, 3.05) is 17.7 Å². The number of carbonyl (C=O) groups excluding carboxylic acids is 2. The average Bonchev–Trinajstić information content (AvgIpc) is 3.11. The lowest BCUT2D eigenvalue weighted by Gasteiger charge is -2.25. The van der Waals surface area contributed by atoms with Gasteiger partial charge in [-0.2, -0.15) is 0 Å². The van der Waals surface area contributed by atoms with Crippen molar-refractivity contribution in [3.63, 3.8) is 0 Å². The van der Waals surface area contributed by atoms with Crippen molar-refractivity contribution in [1.29, 1.82) is 0 Å². The number of anilines is 2. The quantitative estimate of drug-likeness (QED) is 0.531. The van der Waals surface area contributed by atoms with E-state index >= 15 is 0 Å². The fourth-order valence-corrected chi connectivity index (χ4v) is 3.61. The van der Waals surface area contributed by atoms with Gasteiger partial charge in [-0.05, 0) is 24.3 Å². The molecule has 2 amide bonds. The Morgan fingerprint density at radius 2 is 1.87 bits per heavy atom. The summed E-state index contributed by atoms with van der Waals surface area (Å²) in [6, 6.07) is 18.4. The topological polar surface area (TPSA) is 89.8 Å². The average molecular weight is 402 g/mol. The van der Waals surface area contributed by atoms with Crippen LogP contribution in [0.15, 0.2) is 65.1 Å². The summed E-state index contributed by atoms with van der Waals surface area (Å²) in [6.07, 6.45) is -1.05. The van der Waals surface area contributed by atoms with Crippen LogP contribution in [-0.4, -0.2) is 25.0 Å². The maximum absolute atomic E-state index is 12.7. The Balaban J connectivity index is 1.39. The third kappa shape index (κ3) is 3.10. The van der Waals surface area contributed by atoms with E-state index in [1.165, 1.54) is 7.11 Å². The Labute approximate surface area is 171 Å². The summed E-state index contributed by atoms with van der Waals surface area (Å²) in [7, 11) is 1.54. The first-order chi connectivity index (χ1) is 14.6. The number of carbonyl (C=O) groups is 2. The maximum Gasteiger partial charge on any atom is 0.266 e. The van der Waals surface area contributed by atoms with Gasteiger partial charge in [0.15, 0.2) is 6.10 Å². The van der Waals surface area contributed by atoms with E-state index in [9.17, 15) is 9.59 Å². The standard InChI is InChI=1S/C23H18N2O5/c1-28-20-10-14-13-6-2-4-8-17(13)29-19(14)11-16(20)24-22(26)12-21-23(27)25-15-7-3-5-9-18(15)30-21/h2-11,21H,12H2,1H3,(H,24,26)(H,25,27)/t21-/m0/s1. The number of amides is 2. The van der Waals surface area contributed by atoms with Crippen LogP contribution in [0.4, 0.5) is 11.4 Å². The smallest absolute Gasteiger partial charge is 0.266 e. The number of ether oxygens (including phenoxy) is 2. The maximum atomic E-state index is 12.7. The van der Waals surface area contributed by atoms with Crippen molar-refractivity contribution >= 4 is 45.1 Å². The van der Waals surface area contributed by atoms with Crippen molar-refractivity contribution in [3.05, 3.63) is 60.7 Å². The minimum Gasteiger partial charge on any atom is -0.495 e. The number of benzene rings is 3. The highest BCUT2D eigenvalue weighted by atomic mass is 16.5. The highest BCUT2D eigenvalue weighted by Gasteiger charge is 2.29. The molecule has 0 fully saturated rings. The molecule has 1 atom stereocenters. The number of methoxy groups -OCH3 is 1. The van der Waals surface area contributed by atoms with Crippen LogP contribution in [0.3, 0.4) is 0 Å². The molecule has 0 radical (unpaired) electrons. The Hall–Kier alpha value is -4.00. The molecule has 2 N–H and O–H groups in total. The number of rotatable bonds is 4. The van der Waals surface area contributed by atoms with Crippen molar-refractivity contribution < 1.29 is 23.5 Å². The highest BCUT2D eigenvalue weighted by Crippen LogP contribution is 2.36. The molecule has 5 rings (SSSR count). The van der Waals surface area contributed by atoms with Crippen molar-refractivity contribution in [2.45, 2.75) is 12.5 Å². The summed E-state index contributed by atoms with van der Waals surface area (Å²) in [5.41, 5.74) is 2.44. The summed E-state index contributed by atoms with van der Waals surface area (Å²) in [4.78, 5) is 24.9. The number of nitrogens with one attached hydrogen (secondary N) is 2.